The summed E-state index contributed by atoms with van der Waals surface area (Å²) in [6.45, 7) is 6.79. The van der Waals surface area contributed by atoms with Gasteiger partial charge in [-0.2, -0.15) is 0 Å². The molecule has 138 valence electrons. The summed E-state index contributed by atoms with van der Waals surface area (Å²) in [6, 6.07) is 15.8. The Morgan fingerprint density at radius 1 is 1.11 bits per heavy atom. The van der Waals surface area contributed by atoms with Crippen LogP contribution in [0.5, 0.6) is 5.75 Å². The second-order valence-electron chi connectivity index (χ2n) is 7.30. The van der Waals surface area contributed by atoms with Crippen molar-refractivity contribution in [3.8, 4) is 5.75 Å². The van der Waals surface area contributed by atoms with Crippen molar-refractivity contribution in [1.29, 1.82) is 0 Å². The number of thiazole rings is 1. The summed E-state index contributed by atoms with van der Waals surface area (Å²) in [5.41, 5.74) is 3.22. The predicted molar refractivity (Wildman–Crippen MR) is 110 cm³/mol. The highest BCUT2D eigenvalue weighted by Gasteiger charge is 2.41. The number of nitrogens with zero attached hydrogens (tertiary/aromatic N) is 2. The number of rotatable bonds is 4. The van der Waals surface area contributed by atoms with Gasteiger partial charge in [0.15, 0.2) is 0 Å². The standard InChI is InChI=1S/C22H22N2O2S/c1-14-13-24(20(25)18(14)15-9-6-5-7-10-15)22(2,3)21-23-19-16(26-4)11-8-12-17(19)27-21/h5-12H,13H2,1-4H3. The van der Waals surface area contributed by atoms with E-state index >= 15 is 0 Å². The third-order valence-electron chi connectivity index (χ3n) is 5.14. The van der Waals surface area contributed by atoms with Crippen molar-refractivity contribution in [2.45, 2.75) is 26.3 Å². The first-order valence-corrected chi connectivity index (χ1v) is 9.76. The highest BCUT2D eigenvalue weighted by molar-refractivity contribution is 7.18. The maximum Gasteiger partial charge on any atom is 0.255 e. The van der Waals surface area contributed by atoms with Crippen molar-refractivity contribution in [3.05, 3.63) is 64.7 Å². The highest BCUT2D eigenvalue weighted by Crippen LogP contribution is 2.41. The first kappa shape index (κ1) is 17.7. The van der Waals surface area contributed by atoms with Gasteiger partial charge in [0, 0.05) is 12.1 Å². The van der Waals surface area contributed by atoms with Crippen LogP contribution in [0.2, 0.25) is 0 Å². The van der Waals surface area contributed by atoms with Crippen molar-refractivity contribution >= 4 is 33.0 Å². The van der Waals surface area contributed by atoms with Gasteiger partial charge >= 0.3 is 0 Å². The van der Waals surface area contributed by atoms with Crippen LogP contribution in [-0.2, 0) is 10.3 Å². The van der Waals surface area contributed by atoms with E-state index in [1.54, 1.807) is 18.4 Å². The normalized spacial score (nSPS) is 15.1. The molecule has 0 saturated heterocycles. The van der Waals surface area contributed by atoms with E-state index in [9.17, 15) is 4.79 Å². The monoisotopic (exact) mass is 378 g/mol. The number of carbonyl (C=O) groups excluding carboxylic acids is 1. The maximum atomic E-state index is 13.3. The number of benzene rings is 2. The van der Waals surface area contributed by atoms with Crippen LogP contribution in [0.1, 0.15) is 31.3 Å². The molecule has 4 nitrogen and oxygen atoms in total. The lowest BCUT2D eigenvalue weighted by Gasteiger charge is -2.34. The number of ether oxygens (including phenoxy) is 1. The van der Waals surface area contributed by atoms with E-state index in [1.165, 1.54) is 0 Å². The quantitative estimate of drug-likeness (QED) is 0.651. The molecule has 2 heterocycles. The summed E-state index contributed by atoms with van der Waals surface area (Å²) in [6.07, 6.45) is 0. The molecule has 3 aromatic rings. The third kappa shape index (κ3) is 2.82. The van der Waals surface area contributed by atoms with E-state index in [-0.39, 0.29) is 5.91 Å². The molecule has 1 aliphatic rings. The molecule has 4 rings (SSSR count). The topological polar surface area (TPSA) is 42.4 Å². The molecule has 0 fully saturated rings. The van der Waals surface area contributed by atoms with Gasteiger partial charge in [-0.25, -0.2) is 4.98 Å². The van der Waals surface area contributed by atoms with Gasteiger partial charge in [-0.05, 0) is 44.0 Å². The van der Waals surface area contributed by atoms with E-state index in [1.807, 2.05) is 60.4 Å². The van der Waals surface area contributed by atoms with E-state index in [2.05, 4.69) is 13.8 Å². The van der Waals surface area contributed by atoms with Gasteiger partial charge in [-0.3, -0.25) is 4.79 Å². The van der Waals surface area contributed by atoms with Gasteiger partial charge in [-0.15, -0.1) is 11.3 Å². The molecule has 5 heteroatoms. The van der Waals surface area contributed by atoms with E-state index in [0.29, 0.717) is 6.54 Å². The number of hydrogen-bond donors (Lipinski definition) is 0. The number of hydrogen-bond acceptors (Lipinski definition) is 4. The van der Waals surface area contributed by atoms with Crippen molar-refractivity contribution < 1.29 is 9.53 Å². The molecule has 0 bridgehead atoms. The van der Waals surface area contributed by atoms with Crippen LogP contribution in [0.3, 0.4) is 0 Å². The number of aromatic nitrogens is 1. The van der Waals surface area contributed by atoms with Gasteiger partial charge in [0.1, 0.15) is 16.3 Å². The van der Waals surface area contributed by atoms with Gasteiger partial charge in [0.2, 0.25) is 0 Å². The zero-order chi connectivity index (χ0) is 19.2. The molecule has 0 saturated carbocycles. The molecule has 27 heavy (non-hydrogen) atoms. The summed E-state index contributed by atoms with van der Waals surface area (Å²) in [5, 5.41) is 0.914. The number of amides is 1. The van der Waals surface area contributed by atoms with E-state index in [4.69, 9.17) is 9.72 Å². The van der Waals surface area contributed by atoms with Crippen LogP contribution in [0, 0.1) is 0 Å². The van der Waals surface area contributed by atoms with Crippen molar-refractivity contribution in [1.82, 2.24) is 9.88 Å². The fourth-order valence-electron chi connectivity index (χ4n) is 3.60. The fraction of sp³-hybridized carbons (Fsp3) is 0.273. The lowest BCUT2D eigenvalue weighted by Crippen LogP contribution is -2.43. The molecule has 0 atom stereocenters. The Morgan fingerprint density at radius 2 is 1.85 bits per heavy atom. The predicted octanol–water partition coefficient (Wildman–Crippen LogP) is 4.86. The smallest absolute Gasteiger partial charge is 0.255 e. The molecule has 1 aliphatic heterocycles. The molecule has 0 spiro atoms. The third-order valence-corrected chi connectivity index (χ3v) is 6.48. The number of fused-ring (bicyclic) bond motifs is 1. The van der Waals surface area contributed by atoms with E-state index in [0.717, 1.165) is 37.7 Å². The lowest BCUT2D eigenvalue weighted by molar-refractivity contribution is -0.128. The minimum absolute atomic E-state index is 0.0647. The maximum absolute atomic E-state index is 13.3. The average Bonchev–Trinajstić information content (AvgIpc) is 3.24. The summed E-state index contributed by atoms with van der Waals surface area (Å²) >= 11 is 1.62. The minimum atomic E-state index is -0.510. The van der Waals surface area contributed by atoms with Crippen LogP contribution >= 0.6 is 11.3 Å². The number of carbonyl (C=O) groups is 1. The first-order chi connectivity index (χ1) is 12.9. The Labute approximate surface area is 163 Å². The molecular weight excluding hydrogens is 356 g/mol. The average molecular weight is 378 g/mol. The Kier molecular flexibility index (Phi) is 4.27. The van der Waals surface area contributed by atoms with Gasteiger partial charge < -0.3 is 9.64 Å². The molecule has 1 aromatic heterocycles. The fourth-order valence-corrected chi connectivity index (χ4v) is 4.69. The molecule has 2 aromatic carbocycles. The van der Waals surface area contributed by atoms with Gasteiger partial charge in [-0.1, -0.05) is 36.4 Å². The van der Waals surface area contributed by atoms with Crippen LogP contribution < -0.4 is 4.74 Å². The molecule has 0 aliphatic carbocycles. The highest BCUT2D eigenvalue weighted by atomic mass is 32.1. The minimum Gasteiger partial charge on any atom is -0.494 e. The SMILES string of the molecule is COc1cccc2sc(C(C)(C)N3CC(C)=C(c4ccccc4)C3=O)nc12. The summed E-state index contributed by atoms with van der Waals surface area (Å²) in [7, 11) is 1.66. The van der Waals surface area contributed by atoms with Crippen molar-refractivity contribution in [2.75, 3.05) is 13.7 Å². The number of methoxy groups -OCH3 is 1. The van der Waals surface area contributed by atoms with Gasteiger partial charge in [0.05, 0.1) is 17.3 Å². The summed E-state index contributed by atoms with van der Waals surface area (Å²) in [4.78, 5) is 20.1. The summed E-state index contributed by atoms with van der Waals surface area (Å²) in [5.74, 6) is 0.827. The van der Waals surface area contributed by atoms with Crippen LogP contribution in [0.25, 0.3) is 15.8 Å². The second kappa shape index (κ2) is 6.50. The van der Waals surface area contributed by atoms with E-state index < -0.39 is 5.54 Å². The van der Waals surface area contributed by atoms with Crippen molar-refractivity contribution in [2.24, 2.45) is 0 Å². The Bertz CT molecular complexity index is 1050. The largest absolute Gasteiger partial charge is 0.494 e. The Morgan fingerprint density at radius 3 is 2.56 bits per heavy atom. The van der Waals surface area contributed by atoms with Crippen LogP contribution in [0.15, 0.2) is 54.1 Å². The Balaban J connectivity index is 1.72. The molecular formula is C22H22N2O2S. The van der Waals surface area contributed by atoms with Crippen molar-refractivity contribution in [3.63, 3.8) is 0 Å². The Hall–Kier alpha value is -2.66. The zero-order valence-electron chi connectivity index (χ0n) is 15.9. The lowest BCUT2D eigenvalue weighted by atomic mass is 10.0. The van der Waals surface area contributed by atoms with Crippen LogP contribution in [0.4, 0.5) is 0 Å². The molecule has 1 amide bonds. The second-order valence-corrected chi connectivity index (χ2v) is 8.33. The first-order valence-electron chi connectivity index (χ1n) is 8.94. The molecule has 0 unspecified atom stereocenters. The zero-order valence-corrected chi connectivity index (χ0v) is 16.8. The van der Waals surface area contributed by atoms with Crippen LogP contribution in [-0.4, -0.2) is 29.4 Å². The summed E-state index contributed by atoms with van der Waals surface area (Å²) < 4.78 is 6.51. The molecule has 0 radical (unpaired) electrons. The van der Waals surface area contributed by atoms with Gasteiger partial charge in [0.25, 0.3) is 5.91 Å². The number of para-hydroxylation sites is 1. The molecule has 0 N–H and O–H groups in total.